The van der Waals surface area contributed by atoms with E-state index in [1.54, 1.807) is 0 Å². The van der Waals surface area contributed by atoms with E-state index in [2.05, 4.69) is 21.2 Å². The number of amides is 1. The summed E-state index contributed by atoms with van der Waals surface area (Å²) in [6.07, 6.45) is 3.17. The lowest BCUT2D eigenvalue weighted by atomic mass is 10.1. The van der Waals surface area contributed by atoms with Gasteiger partial charge in [-0.3, -0.25) is 0 Å². The van der Waals surface area contributed by atoms with Crippen molar-refractivity contribution in [2.45, 2.75) is 59.0 Å². The Morgan fingerprint density at radius 2 is 1.91 bits per heavy atom. The van der Waals surface area contributed by atoms with Crippen LogP contribution in [-0.2, 0) is 16.1 Å². The van der Waals surface area contributed by atoms with Gasteiger partial charge >= 0.3 is 6.09 Å². The van der Waals surface area contributed by atoms with Gasteiger partial charge in [-0.05, 0) is 52.3 Å². The van der Waals surface area contributed by atoms with Gasteiger partial charge in [-0.1, -0.05) is 40.2 Å². The zero-order valence-corrected chi connectivity index (χ0v) is 16.0. The predicted molar refractivity (Wildman–Crippen MR) is 96.4 cm³/mol. The van der Waals surface area contributed by atoms with Crippen LogP contribution in [0.5, 0.6) is 0 Å². The highest BCUT2D eigenvalue weighted by molar-refractivity contribution is 9.10. The lowest BCUT2D eigenvalue weighted by Gasteiger charge is -2.25. The minimum Gasteiger partial charge on any atom is -0.444 e. The highest BCUT2D eigenvalue weighted by Crippen LogP contribution is 2.13. The Hall–Kier alpha value is -1.33. The number of rotatable bonds is 6. The molecule has 0 unspecified atom stereocenters. The van der Waals surface area contributed by atoms with E-state index in [1.165, 1.54) is 0 Å². The van der Waals surface area contributed by atoms with Crippen LogP contribution in [0.3, 0.4) is 0 Å². The van der Waals surface area contributed by atoms with Gasteiger partial charge in [-0.15, -0.1) is 0 Å². The van der Waals surface area contributed by atoms with Crippen LogP contribution in [0.2, 0.25) is 0 Å². The molecule has 1 amide bonds. The number of hydrogen-bond acceptors (Lipinski definition) is 3. The molecule has 5 heteroatoms. The van der Waals surface area contributed by atoms with Crippen LogP contribution in [-0.4, -0.2) is 23.8 Å². The molecular formula is C18H26BrNO3. The molecule has 0 bridgehead atoms. The molecule has 0 aliphatic heterocycles. The number of allylic oxidation sites excluding steroid dienone is 1. The summed E-state index contributed by atoms with van der Waals surface area (Å²) in [6, 6.07) is 7.72. The Morgan fingerprint density at radius 1 is 1.30 bits per heavy atom. The normalized spacial score (nSPS) is 14.5. The Balaban J connectivity index is 2.58. The first kappa shape index (κ1) is 19.7. The number of carbonyl (C=O) groups excluding carboxylic acids is 1. The first-order valence-corrected chi connectivity index (χ1v) is 8.49. The van der Waals surface area contributed by atoms with Gasteiger partial charge in [-0.25, -0.2) is 4.79 Å². The summed E-state index contributed by atoms with van der Waals surface area (Å²) in [5.41, 5.74) is 0.558. The number of nitrogens with one attached hydrogen (secondary N) is 1. The number of alkyl carbamates (subject to hydrolysis) is 1. The summed E-state index contributed by atoms with van der Waals surface area (Å²) in [6.45, 7) is 9.84. The number of benzene rings is 1. The molecule has 1 N–H and O–H groups in total. The lowest BCUT2D eigenvalue weighted by molar-refractivity contribution is 0.0233. The van der Waals surface area contributed by atoms with Crippen molar-refractivity contribution in [2.24, 2.45) is 0 Å². The van der Waals surface area contributed by atoms with Crippen molar-refractivity contribution in [3.05, 3.63) is 46.5 Å². The van der Waals surface area contributed by atoms with E-state index in [9.17, 15) is 4.79 Å². The van der Waals surface area contributed by atoms with Gasteiger partial charge in [0, 0.05) is 4.47 Å². The molecule has 0 radical (unpaired) electrons. The van der Waals surface area contributed by atoms with Crippen molar-refractivity contribution < 1.29 is 14.3 Å². The SMILES string of the molecule is C/C=C/[C@H](NC(=O)OC(C)(C)C)[C@@H](C)OCc1ccc(Br)cc1. The molecule has 2 atom stereocenters. The van der Waals surface area contributed by atoms with Crippen LogP contribution in [0, 0.1) is 0 Å². The number of carbonyl (C=O) groups is 1. The van der Waals surface area contributed by atoms with Gasteiger partial charge in [0.15, 0.2) is 0 Å². The van der Waals surface area contributed by atoms with Crippen molar-refractivity contribution in [3.63, 3.8) is 0 Å². The Labute approximate surface area is 147 Å². The molecule has 0 aromatic heterocycles. The molecule has 1 rings (SSSR count). The van der Waals surface area contributed by atoms with Crippen molar-refractivity contribution in [1.82, 2.24) is 5.32 Å². The molecule has 23 heavy (non-hydrogen) atoms. The van der Waals surface area contributed by atoms with E-state index in [0.29, 0.717) is 6.61 Å². The lowest BCUT2D eigenvalue weighted by Crippen LogP contribution is -2.44. The predicted octanol–water partition coefficient (Wildman–Crippen LogP) is 4.82. The summed E-state index contributed by atoms with van der Waals surface area (Å²) < 4.78 is 12.2. The zero-order valence-electron chi connectivity index (χ0n) is 14.4. The fourth-order valence-electron chi connectivity index (χ4n) is 1.88. The summed E-state index contributed by atoms with van der Waals surface area (Å²) in [5, 5.41) is 2.84. The third kappa shape index (κ3) is 8.18. The van der Waals surface area contributed by atoms with E-state index in [0.717, 1.165) is 10.0 Å². The Morgan fingerprint density at radius 3 is 2.43 bits per heavy atom. The maximum absolute atomic E-state index is 11.9. The maximum atomic E-state index is 11.9. The molecule has 128 valence electrons. The molecule has 0 saturated carbocycles. The molecule has 0 aliphatic rings. The average molecular weight is 384 g/mol. The van der Waals surface area contributed by atoms with Crippen molar-refractivity contribution in [3.8, 4) is 0 Å². The van der Waals surface area contributed by atoms with Gasteiger partial charge in [0.25, 0.3) is 0 Å². The number of hydrogen-bond donors (Lipinski definition) is 1. The second-order valence-electron chi connectivity index (χ2n) is 6.34. The van der Waals surface area contributed by atoms with Gasteiger partial charge in [-0.2, -0.15) is 0 Å². The Bertz CT molecular complexity index is 520. The highest BCUT2D eigenvalue weighted by atomic mass is 79.9. The van der Waals surface area contributed by atoms with Gasteiger partial charge in [0.1, 0.15) is 5.60 Å². The van der Waals surface area contributed by atoms with Crippen LogP contribution in [0.4, 0.5) is 4.79 Å². The summed E-state index contributed by atoms with van der Waals surface area (Å²) in [7, 11) is 0. The molecule has 0 aliphatic carbocycles. The van der Waals surface area contributed by atoms with Crippen LogP contribution in [0.1, 0.15) is 40.2 Å². The van der Waals surface area contributed by atoms with E-state index < -0.39 is 11.7 Å². The van der Waals surface area contributed by atoms with Crippen molar-refractivity contribution in [2.75, 3.05) is 0 Å². The van der Waals surface area contributed by atoms with E-state index in [1.807, 2.05) is 71.0 Å². The van der Waals surface area contributed by atoms with Crippen molar-refractivity contribution >= 4 is 22.0 Å². The molecule has 0 saturated heterocycles. The zero-order chi connectivity index (χ0) is 17.5. The molecule has 4 nitrogen and oxygen atoms in total. The van der Waals surface area contributed by atoms with Crippen LogP contribution < -0.4 is 5.32 Å². The second-order valence-corrected chi connectivity index (χ2v) is 7.26. The fraction of sp³-hybridized carbons (Fsp3) is 0.500. The Kier molecular flexibility index (Phi) is 7.79. The third-order valence-corrected chi connectivity index (χ3v) is 3.54. The van der Waals surface area contributed by atoms with Crippen LogP contribution in [0.25, 0.3) is 0 Å². The number of halogens is 1. The van der Waals surface area contributed by atoms with Crippen LogP contribution >= 0.6 is 15.9 Å². The van der Waals surface area contributed by atoms with E-state index >= 15 is 0 Å². The summed E-state index contributed by atoms with van der Waals surface area (Å²) >= 11 is 3.41. The molecular weight excluding hydrogens is 358 g/mol. The smallest absolute Gasteiger partial charge is 0.408 e. The van der Waals surface area contributed by atoms with Gasteiger partial charge in [0.05, 0.1) is 18.8 Å². The minimum absolute atomic E-state index is 0.178. The average Bonchev–Trinajstić information content (AvgIpc) is 2.44. The molecule has 0 fully saturated rings. The molecule has 1 aromatic carbocycles. The molecule has 0 heterocycles. The topological polar surface area (TPSA) is 47.6 Å². The summed E-state index contributed by atoms with van der Waals surface area (Å²) in [5.74, 6) is 0. The largest absolute Gasteiger partial charge is 0.444 e. The maximum Gasteiger partial charge on any atom is 0.408 e. The molecule has 1 aromatic rings. The fourth-order valence-corrected chi connectivity index (χ4v) is 2.15. The minimum atomic E-state index is -0.522. The first-order valence-electron chi connectivity index (χ1n) is 7.69. The van der Waals surface area contributed by atoms with E-state index in [-0.39, 0.29) is 12.1 Å². The third-order valence-electron chi connectivity index (χ3n) is 3.02. The standard InChI is InChI=1S/C18H26BrNO3/c1-6-7-16(20-17(21)23-18(3,4)5)13(2)22-12-14-8-10-15(19)11-9-14/h6-11,13,16H,12H2,1-5H3,(H,20,21)/b7-6+/t13-,16+/m1/s1. The number of ether oxygens (including phenoxy) is 2. The van der Waals surface area contributed by atoms with E-state index in [4.69, 9.17) is 9.47 Å². The second kappa shape index (κ2) is 9.08. The summed E-state index contributed by atoms with van der Waals surface area (Å²) in [4.78, 5) is 11.9. The highest BCUT2D eigenvalue weighted by Gasteiger charge is 2.22. The van der Waals surface area contributed by atoms with Gasteiger partial charge in [0.2, 0.25) is 0 Å². The first-order chi connectivity index (χ1) is 10.7. The van der Waals surface area contributed by atoms with Crippen LogP contribution in [0.15, 0.2) is 40.9 Å². The van der Waals surface area contributed by atoms with Gasteiger partial charge < -0.3 is 14.8 Å². The molecule has 0 spiro atoms. The quantitative estimate of drug-likeness (QED) is 0.715. The van der Waals surface area contributed by atoms with Crippen molar-refractivity contribution in [1.29, 1.82) is 0 Å². The monoisotopic (exact) mass is 383 g/mol.